The van der Waals surface area contributed by atoms with E-state index in [2.05, 4.69) is 61.1 Å². The van der Waals surface area contributed by atoms with E-state index in [0.29, 0.717) is 0 Å². The summed E-state index contributed by atoms with van der Waals surface area (Å²) in [4.78, 5) is 8.08. The van der Waals surface area contributed by atoms with E-state index in [1.54, 1.807) is 0 Å². The molecule has 1 aromatic carbocycles. The first-order valence-corrected chi connectivity index (χ1v) is 8.55. The first-order chi connectivity index (χ1) is 11.8. The molecule has 0 aliphatic carbocycles. The van der Waals surface area contributed by atoms with Crippen LogP contribution in [0.2, 0.25) is 0 Å². The summed E-state index contributed by atoms with van der Waals surface area (Å²) in [7, 11) is 0. The normalized spacial score (nSPS) is 12.0. The topological polar surface area (TPSA) is 25.2 Å². The Morgan fingerprint density at radius 1 is 0.917 bits per heavy atom. The van der Waals surface area contributed by atoms with Crippen LogP contribution < -0.4 is 0 Å². The highest BCUT2D eigenvalue weighted by Gasteiger charge is 1.83. The minimum Gasteiger partial charge on any atom is -0.265 e. The Bertz CT molecular complexity index is 583. The van der Waals surface area contributed by atoms with Crippen molar-refractivity contribution in [3.8, 4) is 0 Å². The minimum absolute atomic E-state index is 1.02. The van der Waals surface area contributed by atoms with Crippen LogP contribution in [0.5, 0.6) is 0 Å². The molecule has 2 heterocycles. The molecule has 0 radical (unpaired) electrons. The molecular weight excluding hydrogens is 292 g/mol. The van der Waals surface area contributed by atoms with Gasteiger partial charge in [-0.1, -0.05) is 62.4 Å². The molecule has 24 heavy (non-hydrogen) atoms. The van der Waals surface area contributed by atoms with Gasteiger partial charge in [0.05, 0.1) is 0 Å². The van der Waals surface area contributed by atoms with E-state index in [0.717, 1.165) is 25.0 Å². The molecule has 2 heteroatoms. The monoisotopic (exact) mass is 320 g/mol. The van der Waals surface area contributed by atoms with Crippen LogP contribution in [0.3, 0.4) is 0 Å². The molecule has 1 aromatic heterocycles. The van der Waals surface area contributed by atoms with Crippen molar-refractivity contribution in [1.29, 1.82) is 0 Å². The van der Waals surface area contributed by atoms with Gasteiger partial charge in [-0.15, -0.1) is 0 Å². The highest BCUT2D eigenvalue weighted by atomic mass is 14.7. The van der Waals surface area contributed by atoms with Gasteiger partial charge < -0.3 is 0 Å². The van der Waals surface area contributed by atoms with Crippen LogP contribution in [0.1, 0.15) is 38.4 Å². The zero-order chi connectivity index (χ0) is 17.5. The number of aliphatic imine (C=N–C) groups is 1. The van der Waals surface area contributed by atoms with E-state index in [9.17, 15) is 0 Å². The predicted octanol–water partition coefficient (Wildman–Crippen LogP) is 5.81. The Labute approximate surface area is 146 Å². The molecule has 2 aromatic rings. The number of hydrogen-bond donors (Lipinski definition) is 0. The fourth-order valence-corrected chi connectivity index (χ4v) is 1.91. The van der Waals surface area contributed by atoms with Crippen LogP contribution in [0.25, 0.3) is 0 Å². The highest BCUT2D eigenvalue weighted by molar-refractivity contribution is 5.78. The van der Waals surface area contributed by atoms with Crippen molar-refractivity contribution < 1.29 is 0 Å². The molecule has 1 aliphatic heterocycles. The van der Waals surface area contributed by atoms with Gasteiger partial charge in [0.25, 0.3) is 0 Å². The first kappa shape index (κ1) is 19.6. The molecule has 0 N–H and O–H groups in total. The Hall–Kier alpha value is -2.48. The van der Waals surface area contributed by atoms with E-state index >= 15 is 0 Å². The third-order valence-corrected chi connectivity index (χ3v) is 3.39. The SMILES string of the molecule is CC1=CCC=CN=C1.CCc1ccccc1.CCc1ccccn1. The number of hydrogen-bond acceptors (Lipinski definition) is 2. The lowest BCUT2D eigenvalue weighted by atomic mass is 10.2. The van der Waals surface area contributed by atoms with Crippen molar-refractivity contribution in [3.05, 3.63) is 89.9 Å². The van der Waals surface area contributed by atoms with E-state index in [1.165, 1.54) is 11.1 Å². The van der Waals surface area contributed by atoms with Crippen LogP contribution >= 0.6 is 0 Å². The average Bonchev–Trinajstić information content (AvgIpc) is 2.91. The van der Waals surface area contributed by atoms with Gasteiger partial charge in [-0.3, -0.25) is 9.98 Å². The third kappa shape index (κ3) is 9.52. The summed E-state index contributed by atoms with van der Waals surface area (Å²) in [5, 5.41) is 0. The number of allylic oxidation sites excluding steroid dienone is 3. The van der Waals surface area contributed by atoms with Gasteiger partial charge in [-0.2, -0.15) is 0 Å². The summed E-state index contributed by atoms with van der Waals surface area (Å²) in [6.45, 7) is 6.31. The number of pyridine rings is 1. The van der Waals surface area contributed by atoms with E-state index in [4.69, 9.17) is 0 Å². The largest absolute Gasteiger partial charge is 0.265 e. The van der Waals surface area contributed by atoms with E-state index in [1.807, 2.05) is 49.0 Å². The Balaban J connectivity index is 0.000000180. The molecule has 0 fully saturated rings. The van der Waals surface area contributed by atoms with Crippen LogP contribution in [0, 0.1) is 0 Å². The van der Waals surface area contributed by atoms with Gasteiger partial charge in [0.1, 0.15) is 0 Å². The fraction of sp³-hybridized carbons (Fsp3) is 0.273. The van der Waals surface area contributed by atoms with Crippen molar-refractivity contribution in [2.45, 2.75) is 40.0 Å². The summed E-state index contributed by atoms with van der Waals surface area (Å²) >= 11 is 0. The lowest BCUT2D eigenvalue weighted by Gasteiger charge is -1.89. The summed E-state index contributed by atoms with van der Waals surface area (Å²) in [6.07, 6.45) is 12.9. The lowest BCUT2D eigenvalue weighted by Crippen LogP contribution is -1.81. The van der Waals surface area contributed by atoms with Gasteiger partial charge in [0.2, 0.25) is 0 Å². The molecule has 3 rings (SSSR count). The Morgan fingerprint density at radius 2 is 1.67 bits per heavy atom. The van der Waals surface area contributed by atoms with Crippen LogP contribution in [0.15, 0.2) is 83.6 Å². The van der Waals surface area contributed by atoms with Crippen molar-refractivity contribution in [3.63, 3.8) is 0 Å². The smallest absolute Gasteiger partial charge is 0.0400 e. The van der Waals surface area contributed by atoms with Gasteiger partial charge in [-0.05, 0) is 49.5 Å². The molecule has 0 saturated heterocycles. The molecular formula is C22H28N2. The highest BCUT2D eigenvalue weighted by Crippen LogP contribution is 1.98. The fourth-order valence-electron chi connectivity index (χ4n) is 1.91. The van der Waals surface area contributed by atoms with Gasteiger partial charge >= 0.3 is 0 Å². The predicted molar refractivity (Wildman–Crippen MR) is 105 cm³/mol. The molecule has 0 amide bonds. The van der Waals surface area contributed by atoms with Crippen molar-refractivity contribution >= 4 is 6.21 Å². The number of aromatic nitrogens is 1. The first-order valence-electron chi connectivity index (χ1n) is 8.55. The maximum atomic E-state index is 4.10. The molecule has 0 atom stereocenters. The Morgan fingerprint density at radius 3 is 2.21 bits per heavy atom. The van der Waals surface area contributed by atoms with Gasteiger partial charge in [0, 0.05) is 24.3 Å². The van der Waals surface area contributed by atoms with Gasteiger partial charge in [0.15, 0.2) is 0 Å². The summed E-state index contributed by atoms with van der Waals surface area (Å²) in [5.74, 6) is 0. The zero-order valence-corrected chi connectivity index (χ0v) is 15.0. The van der Waals surface area contributed by atoms with Crippen LogP contribution in [-0.2, 0) is 12.8 Å². The van der Waals surface area contributed by atoms with Crippen molar-refractivity contribution in [2.24, 2.45) is 4.99 Å². The molecule has 0 unspecified atom stereocenters. The molecule has 126 valence electrons. The van der Waals surface area contributed by atoms with E-state index < -0.39 is 0 Å². The second-order valence-electron chi connectivity index (χ2n) is 5.36. The number of benzene rings is 1. The standard InChI is InChI=1S/C8H10.2C7H9N/c1-2-8-6-4-3-5-7-8;1-7-4-2-3-5-8-6-7;1-2-7-5-3-4-6-8-7/h3-7H,2H2,1H3;2*3-6H,2H2,1H3. The van der Waals surface area contributed by atoms with Crippen LogP contribution in [0.4, 0.5) is 0 Å². The summed E-state index contributed by atoms with van der Waals surface area (Å²) < 4.78 is 0. The van der Waals surface area contributed by atoms with Gasteiger partial charge in [-0.25, -0.2) is 0 Å². The lowest BCUT2D eigenvalue weighted by molar-refractivity contribution is 1.04. The maximum absolute atomic E-state index is 4.10. The second-order valence-corrected chi connectivity index (χ2v) is 5.36. The molecule has 0 bridgehead atoms. The molecule has 0 saturated carbocycles. The number of aryl methyl sites for hydroxylation is 2. The van der Waals surface area contributed by atoms with Crippen molar-refractivity contribution in [2.75, 3.05) is 0 Å². The maximum Gasteiger partial charge on any atom is 0.0400 e. The zero-order valence-electron chi connectivity index (χ0n) is 15.0. The summed E-state index contributed by atoms with van der Waals surface area (Å²) in [5.41, 5.74) is 3.81. The van der Waals surface area contributed by atoms with Crippen LogP contribution in [-0.4, -0.2) is 11.2 Å². The number of nitrogens with zero attached hydrogens (tertiary/aromatic N) is 2. The average molecular weight is 320 g/mol. The van der Waals surface area contributed by atoms with E-state index in [-0.39, 0.29) is 0 Å². The third-order valence-electron chi connectivity index (χ3n) is 3.39. The molecule has 0 spiro atoms. The quantitative estimate of drug-likeness (QED) is 0.685. The minimum atomic E-state index is 1.02. The number of rotatable bonds is 2. The molecule has 2 nitrogen and oxygen atoms in total. The molecule has 1 aliphatic rings. The second kappa shape index (κ2) is 13.0. The van der Waals surface area contributed by atoms with Crippen molar-refractivity contribution in [1.82, 2.24) is 4.98 Å². The summed E-state index contributed by atoms with van der Waals surface area (Å²) in [6, 6.07) is 16.4. The Kier molecular flexibility index (Phi) is 10.6.